The average Bonchev–Trinajstić information content (AvgIpc) is 2.36. The number of ether oxygens (including phenoxy) is 1. The molecule has 0 heterocycles. The van der Waals surface area contributed by atoms with Crippen LogP contribution in [0.15, 0.2) is 22.7 Å². The van der Waals surface area contributed by atoms with Gasteiger partial charge in [0, 0.05) is 17.6 Å². The highest BCUT2D eigenvalue weighted by molar-refractivity contribution is 9.10. The van der Waals surface area contributed by atoms with Crippen LogP contribution >= 0.6 is 15.9 Å². The Bertz CT molecular complexity index is 421. The number of amides is 1. The molecular weight excluding hydrogens is 298 g/mol. The van der Waals surface area contributed by atoms with Crippen LogP contribution in [0, 0.1) is 0 Å². The summed E-state index contributed by atoms with van der Waals surface area (Å²) in [5.74, 6) is 0.506. The van der Waals surface area contributed by atoms with Crippen molar-refractivity contribution in [2.75, 3.05) is 13.7 Å². The second-order valence-electron chi connectivity index (χ2n) is 4.30. The Labute approximate surface area is 116 Å². The summed E-state index contributed by atoms with van der Waals surface area (Å²) in [4.78, 5) is 13.4. The van der Waals surface area contributed by atoms with Gasteiger partial charge in [-0.25, -0.2) is 0 Å². The number of carbonyl (C=O) groups is 1. The van der Waals surface area contributed by atoms with Gasteiger partial charge in [0.15, 0.2) is 6.61 Å². The molecule has 0 saturated heterocycles. The first-order valence-corrected chi connectivity index (χ1v) is 6.52. The zero-order chi connectivity index (χ0) is 13.7. The summed E-state index contributed by atoms with van der Waals surface area (Å²) in [6, 6.07) is 5.41. The normalized spacial score (nSPS) is 10.6. The van der Waals surface area contributed by atoms with Crippen LogP contribution in [0.4, 0.5) is 0 Å². The van der Waals surface area contributed by atoms with Crippen molar-refractivity contribution < 1.29 is 14.6 Å². The Morgan fingerprint density at radius 3 is 2.72 bits per heavy atom. The zero-order valence-electron chi connectivity index (χ0n) is 10.8. The lowest BCUT2D eigenvalue weighted by Crippen LogP contribution is -2.36. The second-order valence-corrected chi connectivity index (χ2v) is 5.15. The Kier molecular flexibility index (Phi) is 5.62. The van der Waals surface area contributed by atoms with Gasteiger partial charge in [-0.1, -0.05) is 15.9 Å². The molecule has 1 amide bonds. The van der Waals surface area contributed by atoms with Gasteiger partial charge in [0.25, 0.3) is 5.91 Å². The molecule has 1 aromatic carbocycles. The number of aliphatic hydroxyl groups is 1. The Morgan fingerprint density at radius 1 is 1.50 bits per heavy atom. The van der Waals surface area contributed by atoms with Crippen molar-refractivity contribution in [2.45, 2.75) is 26.5 Å². The van der Waals surface area contributed by atoms with E-state index in [9.17, 15) is 4.79 Å². The van der Waals surface area contributed by atoms with Gasteiger partial charge in [-0.2, -0.15) is 0 Å². The monoisotopic (exact) mass is 315 g/mol. The molecule has 5 heteroatoms. The molecule has 0 bridgehead atoms. The van der Waals surface area contributed by atoms with E-state index in [0.717, 1.165) is 10.0 Å². The van der Waals surface area contributed by atoms with Crippen LogP contribution in [-0.2, 0) is 11.4 Å². The highest BCUT2D eigenvalue weighted by Crippen LogP contribution is 2.22. The number of benzene rings is 1. The standard InChI is InChI=1S/C13H18BrNO3/c1-9(2)15(3)13(17)8-18-11-4-5-12(14)10(6-11)7-16/h4-6,9,16H,7-8H2,1-3H3. The van der Waals surface area contributed by atoms with Gasteiger partial charge in [-0.05, 0) is 37.6 Å². The number of likely N-dealkylation sites (N-methyl/N-ethyl adjacent to an activating group) is 1. The van der Waals surface area contributed by atoms with Gasteiger partial charge >= 0.3 is 0 Å². The molecular formula is C13H18BrNO3. The van der Waals surface area contributed by atoms with Gasteiger partial charge in [-0.15, -0.1) is 0 Å². The van der Waals surface area contributed by atoms with E-state index in [1.165, 1.54) is 0 Å². The number of hydrogen-bond acceptors (Lipinski definition) is 3. The van der Waals surface area contributed by atoms with Crippen LogP contribution in [0.1, 0.15) is 19.4 Å². The van der Waals surface area contributed by atoms with E-state index in [1.54, 1.807) is 30.1 Å². The fraction of sp³-hybridized carbons (Fsp3) is 0.462. The van der Waals surface area contributed by atoms with E-state index < -0.39 is 0 Å². The van der Waals surface area contributed by atoms with Crippen molar-refractivity contribution in [2.24, 2.45) is 0 Å². The number of hydrogen-bond donors (Lipinski definition) is 1. The molecule has 1 rings (SSSR count). The number of carbonyl (C=O) groups excluding carboxylic acids is 1. The summed E-state index contributed by atoms with van der Waals surface area (Å²) < 4.78 is 6.24. The zero-order valence-corrected chi connectivity index (χ0v) is 12.4. The first-order valence-electron chi connectivity index (χ1n) is 5.73. The van der Waals surface area contributed by atoms with E-state index in [0.29, 0.717) is 5.75 Å². The van der Waals surface area contributed by atoms with Gasteiger partial charge in [0.1, 0.15) is 5.75 Å². The Balaban J connectivity index is 2.61. The Morgan fingerprint density at radius 2 is 2.17 bits per heavy atom. The van der Waals surface area contributed by atoms with Crippen molar-refractivity contribution in [3.8, 4) is 5.75 Å². The molecule has 4 nitrogen and oxygen atoms in total. The molecule has 1 aromatic rings. The molecule has 0 aliphatic carbocycles. The van der Waals surface area contributed by atoms with Crippen LogP contribution in [0.25, 0.3) is 0 Å². The minimum Gasteiger partial charge on any atom is -0.484 e. The molecule has 0 aliphatic heterocycles. The highest BCUT2D eigenvalue weighted by atomic mass is 79.9. The molecule has 0 aliphatic rings. The van der Waals surface area contributed by atoms with E-state index >= 15 is 0 Å². The molecule has 0 aromatic heterocycles. The quantitative estimate of drug-likeness (QED) is 0.906. The maximum Gasteiger partial charge on any atom is 0.260 e. The lowest BCUT2D eigenvalue weighted by atomic mass is 10.2. The fourth-order valence-corrected chi connectivity index (χ4v) is 1.67. The number of rotatable bonds is 5. The van der Waals surface area contributed by atoms with Crippen LogP contribution in [0.5, 0.6) is 5.75 Å². The van der Waals surface area contributed by atoms with E-state index in [1.807, 2.05) is 13.8 Å². The average molecular weight is 316 g/mol. The minimum absolute atomic E-state index is 0.00117. The third kappa shape index (κ3) is 3.99. The summed E-state index contributed by atoms with van der Waals surface area (Å²) in [6.07, 6.45) is 0. The van der Waals surface area contributed by atoms with Gasteiger partial charge in [-0.3, -0.25) is 4.79 Å². The van der Waals surface area contributed by atoms with Crippen molar-refractivity contribution in [3.05, 3.63) is 28.2 Å². The van der Waals surface area contributed by atoms with E-state index in [2.05, 4.69) is 15.9 Å². The minimum atomic E-state index is -0.0718. The summed E-state index contributed by atoms with van der Waals surface area (Å²) in [5, 5.41) is 9.12. The van der Waals surface area contributed by atoms with Gasteiger partial charge in [0.2, 0.25) is 0 Å². The van der Waals surface area contributed by atoms with Crippen LogP contribution in [0.3, 0.4) is 0 Å². The molecule has 0 atom stereocenters. The maximum atomic E-state index is 11.7. The molecule has 0 unspecified atom stereocenters. The molecule has 0 saturated carbocycles. The maximum absolute atomic E-state index is 11.7. The number of halogens is 1. The highest BCUT2D eigenvalue weighted by Gasteiger charge is 2.12. The van der Waals surface area contributed by atoms with Crippen LogP contribution in [-0.4, -0.2) is 35.6 Å². The summed E-state index contributed by atoms with van der Waals surface area (Å²) >= 11 is 3.32. The smallest absolute Gasteiger partial charge is 0.260 e. The topological polar surface area (TPSA) is 49.8 Å². The molecule has 0 radical (unpaired) electrons. The third-order valence-corrected chi connectivity index (χ3v) is 3.49. The predicted molar refractivity (Wildman–Crippen MR) is 73.5 cm³/mol. The molecule has 0 fully saturated rings. The van der Waals surface area contributed by atoms with Crippen molar-refractivity contribution in [1.29, 1.82) is 0 Å². The number of nitrogens with zero attached hydrogens (tertiary/aromatic N) is 1. The lowest BCUT2D eigenvalue weighted by molar-refractivity contribution is -0.133. The van der Waals surface area contributed by atoms with E-state index in [4.69, 9.17) is 9.84 Å². The van der Waals surface area contributed by atoms with Gasteiger partial charge in [0.05, 0.1) is 6.61 Å². The Hall–Kier alpha value is -1.07. The number of aliphatic hydroxyl groups excluding tert-OH is 1. The second kappa shape index (κ2) is 6.75. The summed E-state index contributed by atoms with van der Waals surface area (Å²) in [7, 11) is 1.75. The predicted octanol–water partition coefficient (Wildman–Crippen LogP) is 2.19. The first kappa shape index (κ1) is 15.0. The fourth-order valence-electron chi connectivity index (χ4n) is 1.30. The van der Waals surface area contributed by atoms with Crippen LogP contribution in [0.2, 0.25) is 0 Å². The van der Waals surface area contributed by atoms with Gasteiger partial charge < -0.3 is 14.7 Å². The third-order valence-electron chi connectivity index (χ3n) is 2.72. The van der Waals surface area contributed by atoms with Crippen LogP contribution < -0.4 is 4.74 Å². The molecule has 18 heavy (non-hydrogen) atoms. The lowest BCUT2D eigenvalue weighted by Gasteiger charge is -2.21. The SMILES string of the molecule is CC(C)N(C)C(=O)COc1ccc(Br)c(CO)c1. The van der Waals surface area contributed by atoms with E-state index in [-0.39, 0.29) is 25.2 Å². The molecule has 100 valence electrons. The van der Waals surface area contributed by atoms with Crippen molar-refractivity contribution in [1.82, 2.24) is 4.90 Å². The molecule has 1 N–H and O–H groups in total. The largest absolute Gasteiger partial charge is 0.484 e. The summed E-state index contributed by atoms with van der Waals surface area (Å²) in [5.41, 5.74) is 0.733. The summed E-state index contributed by atoms with van der Waals surface area (Å²) in [6.45, 7) is 3.82. The van der Waals surface area contributed by atoms with Crippen molar-refractivity contribution >= 4 is 21.8 Å². The molecule has 0 spiro atoms. The van der Waals surface area contributed by atoms with Crippen molar-refractivity contribution in [3.63, 3.8) is 0 Å². The first-order chi connectivity index (χ1) is 8.45.